The van der Waals surface area contributed by atoms with Crippen molar-refractivity contribution in [2.45, 2.75) is 13.8 Å². The van der Waals surface area contributed by atoms with E-state index in [4.69, 9.17) is 16.3 Å². The van der Waals surface area contributed by atoms with Gasteiger partial charge in [0.15, 0.2) is 0 Å². The highest BCUT2D eigenvalue weighted by atomic mass is 16.5. The Labute approximate surface area is 119 Å². The maximum absolute atomic E-state index is 11.1. The third kappa shape index (κ3) is 5.62. The number of hydrazine groups is 1. The van der Waals surface area contributed by atoms with Crippen molar-refractivity contribution in [3.8, 4) is 0 Å². The molecule has 0 fully saturated rings. The molecule has 0 saturated heterocycles. The molecule has 0 aromatic heterocycles. The Hall–Kier alpha value is -2.21. The molecular weight excluding hydrogens is 256 g/mol. The summed E-state index contributed by atoms with van der Waals surface area (Å²) in [5.41, 5.74) is 8.59. The van der Waals surface area contributed by atoms with Gasteiger partial charge in [0.2, 0.25) is 0 Å². The Bertz CT molecular complexity index is 474. The lowest BCUT2D eigenvalue weighted by Crippen LogP contribution is -2.36. The number of ether oxygens (including phenoxy) is 1. The summed E-state index contributed by atoms with van der Waals surface area (Å²) in [7, 11) is 0. The molecule has 0 saturated carbocycles. The quantitative estimate of drug-likeness (QED) is 0.536. The molecule has 0 atom stereocenters. The van der Waals surface area contributed by atoms with E-state index in [1.54, 1.807) is 13.1 Å². The van der Waals surface area contributed by atoms with E-state index >= 15 is 0 Å². The van der Waals surface area contributed by atoms with Crippen LogP contribution < -0.4 is 16.9 Å². The molecule has 1 rings (SSSR count). The van der Waals surface area contributed by atoms with Gasteiger partial charge >= 0.3 is 6.09 Å². The first-order valence-corrected chi connectivity index (χ1v) is 6.49. The Morgan fingerprint density at radius 2 is 2.25 bits per heavy atom. The maximum Gasteiger partial charge on any atom is 0.407 e. The predicted octanol–water partition coefficient (Wildman–Crippen LogP) is 1.17. The fourth-order valence-corrected chi connectivity index (χ4v) is 1.61. The van der Waals surface area contributed by atoms with Gasteiger partial charge in [-0.1, -0.05) is 23.8 Å². The summed E-state index contributed by atoms with van der Waals surface area (Å²) in [5.74, 6) is 5.80. The molecule has 0 aliphatic carbocycles. The molecule has 0 bridgehead atoms. The molecule has 0 unspecified atom stereocenters. The zero-order valence-corrected chi connectivity index (χ0v) is 11.9. The molecule has 0 spiro atoms. The maximum atomic E-state index is 11.1. The number of carbonyl (C=O) groups excluding carboxylic acids is 1. The number of aryl methyl sites for hydroxylation is 1. The van der Waals surface area contributed by atoms with Gasteiger partial charge in [-0.25, -0.2) is 10.6 Å². The van der Waals surface area contributed by atoms with Gasteiger partial charge in [-0.15, -0.1) is 0 Å². The highest BCUT2D eigenvalue weighted by Gasteiger charge is 2.02. The summed E-state index contributed by atoms with van der Waals surface area (Å²) in [6.07, 6.45) is 1.19. The smallest absolute Gasteiger partial charge is 0.407 e. The van der Waals surface area contributed by atoms with Crippen LogP contribution in [0.25, 0.3) is 5.70 Å². The molecular formula is C14H22N4O2. The van der Waals surface area contributed by atoms with E-state index in [0.717, 1.165) is 11.1 Å². The molecule has 5 N–H and O–H groups in total. The van der Waals surface area contributed by atoms with E-state index in [-0.39, 0.29) is 0 Å². The average Bonchev–Trinajstić information content (AvgIpc) is 2.39. The molecule has 0 radical (unpaired) electrons. The van der Waals surface area contributed by atoms with Crippen LogP contribution in [0.5, 0.6) is 0 Å². The number of amides is 1. The Balaban J connectivity index is 2.46. The van der Waals surface area contributed by atoms with Gasteiger partial charge in [0.25, 0.3) is 0 Å². The summed E-state index contributed by atoms with van der Waals surface area (Å²) in [6.45, 7) is 4.91. The molecule has 1 aromatic rings. The van der Waals surface area contributed by atoms with Crippen LogP contribution >= 0.6 is 0 Å². The minimum Gasteiger partial charge on any atom is -0.450 e. The van der Waals surface area contributed by atoms with Crippen molar-refractivity contribution in [1.29, 1.82) is 0 Å². The molecule has 6 heteroatoms. The molecule has 110 valence electrons. The van der Waals surface area contributed by atoms with Crippen molar-refractivity contribution in [2.75, 3.05) is 19.7 Å². The molecule has 0 aliphatic rings. The lowest BCUT2D eigenvalue weighted by Gasteiger charge is -2.15. The second kappa shape index (κ2) is 8.06. The lowest BCUT2D eigenvalue weighted by atomic mass is 10.1. The normalized spacial score (nSPS) is 11.1. The second-order valence-corrected chi connectivity index (χ2v) is 4.34. The Morgan fingerprint density at radius 1 is 1.50 bits per heavy atom. The number of nitrogens with zero attached hydrogens (tertiary/aromatic N) is 1. The largest absolute Gasteiger partial charge is 0.450 e. The molecule has 1 aromatic carbocycles. The minimum atomic E-state index is -0.448. The number of carbonyl (C=O) groups is 1. The van der Waals surface area contributed by atoms with E-state index in [1.165, 1.54) is 5.01 Å². The van der Waals surface area contributed by atoms with Crippen molar-refractivity contribution >= 4 is 11.8 Å². The zero-order chi connectivity index (χ0) is 15.0. The molecule has 0 heterocycles. The molecule has 1 amide bonds. The van der Waals surface area contributed by atoms with Gasteiger partial charge in [-0.2, -0.15) is 0 Å². The summed E-state index contributed by atoms with van der Waals surface area (Å²) < 4.78 is 4.74. The number of hydrogen-bond donors (Lipinski definition) is 3. The van der Waals surface area contributed by atoms with Crippen molar-refractivity contribution in [3.05, 3.63) is 41.6 Å². The van der Waals surface area contributed by atoms with Gasteiger partial charge in [-0.05, 0) is 25.5 Å². The summed E-state index contributed by atoms with van der Waals surface area (Å²) in [4.78, 5) is 11.1. The highest BCUT2D eigenvalue weighted by molar-refractivity contribution is 5.67. The lowest BCUT2D eigenvalue weighted by molar-refractivity contribution is 0.151. The predicted molar refractivity (Wildman–Crippen MR) is 79.3 cm³/mol. The summed E-state index contributed by atoms with van der Waals surface area (Å²) in [6, 6.07) is 7.84. The van der Waals surface area contributed by atoms with E-state index in [0.29, 0.717) is 25.4 Å². The van der Waals surface area contributed by atoms with Gasteiger partial charge < -0.3 is 20.8 Å². The van der Waals surface area contributed by atoms with Gasteiger partial charge in [0, 0.05) is 12.7 Å². The first-order valence-electron chi connectivity index (χ1n) is 6.49. The fourth-order valence-electron chi connectivity index (χ4n) is 1.61. The number of nitrogens with two attached hydrogens (primary N) is 2. The zero-order valence-electron chi connectivity index (χ0n) is 11.9. The standard InChI is InChI=1S/C14H22N4O2/c1-3-20-14(19)17-7-8-18(16)10-13(15)12-6-4-5-11(2)9-12/h4-6,9-10H,3,7-8,15-16H2,1-2H3,(H,17,19)/b13-10-. The first-order chi connectivity index (χ1) is 9.52. The van der Waals surface area contributed by atoms with E-state index < -0.39 is 6.09 Å². The van der Waals surface area contributed by atoms with Gasteiger partial charge in [-0.3, -0.25) is 0 Å². The van der Waals surface area contributed by atoms with Gasteiger partial charge in [0.05, 0.1) is 18.8 Å². The van der Waals surface area contributed by atoms with E-state index in [2.05, 4.69) is 5.32 Å². The van der Waals surface area contributed by atoms with Crippen molar-refractivity contribution in [2.24, 2.45) is 11.6 Å². The van der Waals surface area contributed by atoms with E-state index in [9.17, 15) is 4.79 Å². The number of rotatable bonds is 6. The Morgan fingerprint density at radius 3 is 2.90 bits per heavy atom. The van der Waals surface area contributed by atoms with Crippen molar-refractivity contribution in [3.63, 3.8) is 0 Å². The van der Waals surface area contributed by atoms with Crippen molar-refractivity contribution in [1.82, 2.24) is 10.3 Å². The highest BCUT2D eigenvalue weighted by Crippen LogP contribution is 2.10. The third-order valence-electron chi connectivity index (χ3n) is 2.57. The second-order valence-electron chi connectivity index (χ2n) is 4.34. The van der Waals surface area contributed by atoms with E-state index in [1.807, 2.05) is 31.2 Å². The number of hydrogen-bond acceptors (Lipinski definition) is 5. The monoisotopic (exact) mass is 278 g/mol. The molecule has 0 aliphatic heterocycles. The fraction of sp³-hybridized carbons (Fsp3) is 0.357. The number of alkyl carbamates (subject to hydrolysis) is 1. The molecule has 6 nitrogen and oxygen atoms in total. The van der Waals surface area contributed by atoms with Crippen molar-refractivity contribution < 1.29 is 9.53 Å². The van der Waals surface area contributed by atoms with Crippen LogP contribution in [0.3, 0.4) is 0 Å². The van der Waals surface area contributed by atoms with Gasteiger partial charge in [0.1, 0.15) is 0 Å². The van der Waals surface area contributed by atoms with Crippen LogP contribution in [0.4, 0.5) is 4.79 Å². The average molecular weight is 278 g/mol. The van der Waals surface area contributed by atoms with Crippen LogP contribution in [0.15, 0.2) is 30.5 Å². The number of nitrogens with one attached hydrogen (secondary N) is 1. The minimum absolute atomic E-state index is 0.346. The van der Waals surface area contributed by atoms with Crippen LogP contribution in [0.2, 0.25) is 0 Å². The van der Waals surface area contributed by atoms with Crippen LogP contribution in [0, 0.1) is 6.92 Å². The summed E-state index contributed by atoms with van der Waals surface area (Å²) >= 11 is 0. The SMILES string of the molecule is CCOC(=O)NCCN(N)/C=C(\N)c1cccc(C)c1. The third-order valence-corrected chi connectivity index (χ3v) is 2.57. The van der Waals surface area contributed by atoms with Crippen LogP contribution in [-0.2, 0) is 4.74 Å². The number of benzene rings is 1. The first kappa shape index (κ1) is 15.8. The topological polar surface area (TPSA) is 93.6 Å². The Kier molecular flexibility index (Phi) is 6.39. The molecule has 20 heavy (non-hydrogen) atoms. The van der Waals surface area contributed by atoms with Crippen LogP contribution in [0.1, 0.15) is 18.1 Å². The summed E-state index contributed by atoms with van der Waals surface area (Å²) in [5, 5.41) is 4.02. The van der Waals surface area contributed by atoms with Crippen LogP contribution in [-0.4, -0.2) is 30.8 Å².